The van der Waals surface area contributed by atoms with Crippen LogP contribution in [0, 0.1) is 0 Å². The lowest BCUT2D eigenvalue weighted by Gasteiger charge is -2.28. The molecule has 1 aliphatic carbocycles. The van der Waals surface area contributed by atoms with Gasteiger partial charge in [0.25, 0.3) is 5.91 Å². The van der Waals surface area contributed by atoms with Gasteiger partial charge in [0.15, 0.2) is 6.61 Å². The van der Waals surface area contributed by atoms with E-state index >= 15 is 0 Å². The summed E-state index contributed by atoms with van der Waals surface area (Å²) in [4.78, 5) is 26.1. The average molecular weight is 359 g/mol. The number of hydrogen-bond donors (Lipinski definition) is 2. The molecule has 3 rings (SSSR count). The van der Waals surface area contributed by atoms with Crippen molar-refractivity contribution in [3.63, 3.8) is 0 Å². The second-order valence-electron chi connectivity index (χ2n) is 7.55. The van der Waals surface area contributed by atoms with Crippen LogP contribution in [0.1, 0.15) is 58.1 Å². The summed E-state index contributed by atoms with van der Waals surface area (Å²) in [5.74, 6) is 0.575. The highest BCUT2D eigenvalue weighted by atomic mass is 16.5. The summed E-state index contributed by atoms with van der Waals surface area (Å²) in [6.45, 7) is 6.20. The van der Waals surface area contributed by atoms with Gasteiger partial charge in [0.05, 0.1) is 6.04 Å². The first-order valence-electron chi connectivity index (χ1n) is 9.55. The van der Waals surface area contributed by atoms with Gasteiger partial charge in [-0.1, -0.05) is 12.1 Å². The van der Waals surface area contributed by atoms with E-state index in [9.17, 15) is 9.59 Å². The number of benzene rings is 1. The molecule has 26 heavy (non-hydrogen) atoms. The summed E-state index contributed by atoms with van der Waals surface area (Å²) < 4.78 is 5.51. The van der Waals surface area contributed by atoms with Crippen molar-refractivity contribution in [2.75, 3.05) is 6.61 Å². The Morgan fingerprint density at radius 3 is 2.31 bits per heavy atom. The maximum atomic E-state index is 12.5. The molecule has 0 radical (unpaired) electrons. The van der Waals surface area contributed by atoms with Gasteiger partial charge in [-0.15, -0.1) is 0 Å². The first kappa shape index (κ1) is 18.5. The molecule has 1 saturated carbocycles. The van der Waals surface area contributed by atoms with Crippen molar-refractivity contribution >= 4 is 11.9 Å². The predicted octanol–water partition coefficient (Wildman–Crippen LogP) is 2.99. The molecule has 3 unspecified atom stereocenters. The normalized spacial score (nSPS) is 23.4. The zero-order valence-corrected chi connectivity index (χ0v) is 15.8. The Morgan fingerprint density at radius 1 is 1.12 bits per heavy atom. The van der Waals surface area contributed by atoms with Gasteiger partial charge < -0.3 is 20.3 Å². The highest BCUT2D eigenvalue weighted by Gasteiger charge is 2.31. The van der Waals surface area contributed by atoms with Gasteiger partial charge in [0.2, 0.25) is 0 Å². The summed E-state index contributed by atoms with van der Waals surface area (Å²) in [6, 6.07) is 8.35. The second kappa shape index (κ2) is 7.98. The van der Waals surface area contributed by atoms with E-state index in [2.05, 4.69) is 24.5 Å². The van der Waals surface area contributed by atoms with E-state index in [0.29, 0.717) is 11.8 Å². The van der Waals surface area contributed by atoms with E-state index in [1.54, 1.807) is 0 Å². The third-order valence-electron chi connectivity index (χ3n) is 5.22. The first-order valence-corrected chi connectivity index (χ1v) is 9.55. The summed E-state index contributed by atoms with van der Waals surface area (Å²) >= 11 is 0. The van der Waals surface area contributed by atoms with Gasteiger partial charge in [0.1, 0.15) is 5.75 Å². The van der Waals surface area contributed by atoms with Crippen LogP contribution in [0.5, 0.6) is 5.75 Å². The molecule has 0 aromatic heterocycles. The maximum absolute atomic E-state index is 12.5. The quantitative estimate of drug-likeness (QED) is 0.820. The largest absolute Gasteiger partial charge is 0.484 e. The Hall–Kier alpha value is -2.24. The fourth-order valence-electron chi connectivity index (χ4n) is 3.44. The number of carbonyl (C=O) groups excluding carboxylic acids is 2. The van der Waals surface area contributed by atoms with Crippen LogP contribution < -0.4 is 15.4 Å². The number of amides is 3. The third-order valence-corrected chi connectivity index (χ3v) is 5.22. The van der Waals surface area contributed by atoms with Crippen molar-refractivity contribution in [3.8, 4) is 5.75 Å². The van der Waals surface area contributed by atoms with Gasteiger partial charge >= 0.3 is 6.03 Å². The predicted molar refractivity (Wildman–Crippen MR) is 100 cm³/mol. The summed E-state index contributed by atoms with van der Waals surface area (Å²) in [5, 5.41) is 5.97. The lowest BCUT2D eigenvalue weighted by molar-refractivity contribution is -0.123. The number of rotatable bonds is 6. The third kappa shape index (κ3) is 4.68. The average Bonchev–Trinajstić information content (AvgIpc) is 3.36. The minimum Gasteiger partial charge on any atom is -0.484 e. The molecule has 1 aromatic rings. The standard InChI is InChI=1S/C20H29N3O3/c1-13-4-5-14(2)23(13)20(25)21-15(3)16-6-10-18(11-7-16)26-12-19(24)22-17-8-9-17/h6-7,10-11,13-15,17H,4-5,8-9,12H2,1-3H3,(H,21,25)(H,22,24). The van der Waals surface area contributed by atoms with Crippen LogP contribution in [-0.2, 0) is 4.79 Å². The highest BCUT2D eigenvalue weighted by Crippen LogP contribution is 2.25. The molecule has 6 nitrogen and oxygen atoms in total. The SMILES string of the molecule is CC(NC(=O)N1C(C)CCC1C)c1ccc(OCC(=O)NC2CC2)cc1. The van der Waals surface area contributed by atoms with E-state index in [0.717, 1.165) is 31.2 Å². The van der Waals surface area contributed by atoms with Crippen molar-refractivity contribution in [1.29, 1.82) is 0 Å². The molecule has 6 heteroatoms. The van der Waals surface area contributed by atoms with Crippen LogP contribution in [0.15, 0.2) is 24.3 Å². The number of likely N-dealkylation sites (tertiary alicyclic amines) is 1. The molecule has 142 valence electrons. The Bertz CT molecular complexity index is 632. The zero-order valence-electron chi connectivity index (χ0n) is 15.8. The van der Waals surface area contributed by atoms with Crippen LogP contribution in [0.25, 0.3) is 0 Å². The van der Waals surface area contributed by atoms with Crippen LogP contribution in [0.4, 0.5) is 4.79 Å². The van der Waals surface area contributed by atoms with Crippen LogP contribution in [0.2, 0.25) is 0 Å². The summed E-state index contributed by atoms with van der Waals surface area (Å²) in [6.07, 6.45) is 4.25. The van der Waals surface area contributed by atoms with Crippen molar-refractivity contribution < 1.29 is 14.3 Å². The molecule has 3 amide bonds. The molecule has 1 heterocycles. The molecule has 1 aliphatic heterocycles. The van der Waals surface area contributed by atoms with Gasteiger partial charge in [0, 0.05) is 18.1 Å². The lowest BCUT2D eigenvalue weighted by Crippen LogP contribution is -2.45. The number of nitrogens with one attached hydrogen (secondary N) is 2. The number of urea groups is 1. The van der Waals surface area contributed by atoms with Gasteiger partial charge in [-0.25, -0.2) is 4.79 Å². The summed E-state index contributed by atoms with van der Waals surface area (Å²) in [7, 11) is 0. The van der Waals surface area contributed by atoms with E-state index in [1.807, 2.05) is 36.1 Å². The molecule has 2 N–H and O–H groups in total. The molecular formula is C20H29N3O3. The van der Waals surface area contributed by atoms with E-state index in [1.165, 1.54) is 0 Å². The van der Waals surface area contributed by atoms with Crippen molar-refractivity contribution in [1.82, 2.24) is 15.5 Å². The Labute approximate surface area is 155 Å². The number of hydrogen-bond acceptors (Lipinski definition) is 3. The highest BCUT2D eigenvalue weighted by molar-refractivity contribution is 5.78. The Kier molecular flexibility index (Phi) is 5.69. The molecule has 2 aliphatic rings. The van der Waals surface area contributed by atoms with Gasteiger partial charge in [-0.3, -0.25) is 4.79 Å². The Morgan fingerprint density at radius 2 is 1.73 bits per heavy atom. The van der Waals surface area contributed by atoms with Crippen LogP contribution in [0.3, 0.4) is 0 Å². The second-order valence-corrected chi connectivity index (χ2v) is 7.55. The smallest absolute Gasteiger partial charge is 0.318 e. The molecule has 3 atom stereocenters. The molecular weight excluding hydrogens is 330 g/mol. The van der Waals surface area contributed by atoms with Gasteiger partial charge in [-0.05, 0) is 64.2 Å². The van der Waals surface area contributed by atoms with Crippen molar-refractivity contribution in [3.05, 3.63) is 29.8 Å². The number of nitrogens with zero attached hydrogens (tertiary/aromatic N) is 1. The van der Waals surface area contributed by atoms with Crippen molar-refractivity contribution in [2.45, 2.75) is 70.6 Å². The van der Waals surface area contributed by atoms with E-state index in [4.69, 9.17) is 4.74 Å². The van der Waals surface area contributed by atoms with Crippen LogP contribution in [-0.4, -0.2) is 41.6 Å². The number of ether oxygens (including phenoxy) is 1. The minimum atomic E-state index is -0.0882. The van der Waals surface area contributed by atoms with Crippen LogP contribution >= 0.6 is 0 Å². The molecule has 0 bridgehead atoms. The van der Waals surface area contributed by atoms with E-state index < -0.39 is 0 Å². The summed E-state index contributed by atoms with van der Waals surface area (Å²) in [5.41, 5.74) is 1.01. The molecule has 2 fully saturated rings. The maximum Gasteiger partial charge on any atom is 0.318 e. The Balaban J connectivity index is 1.49. The molecule has 0 spiro atoms. The molecule has 1 saturated heterocycles. The molecule has 1 aromatic carbocycles. The van der Waals surface area contributed by atoms with E-state index in [-0.39, 0.29) is 36.7 Å². The minimum absolute atomic E-state index is 0.00734. The van der Waals surface area contributed by atoms with Crippen molar-refractivity contribution in [2.24, 2.45) is 0 Å². The monoisotopic (exact) mass is 359 g/mol. The topological polar surface area (TPSA) is 70.7 Å². The van der Waals surface area contributed by atoms with Gasteiger partial charge in [-0.2, -0.15) is 0 Å². The fraction of sp³-hybridized carbons (Fsp3) is 0.600. The fourth-order valence-corrected chi connectivity index (χ4v) is 3.44. The number of carbonyl (C=O) groups is 2. The zero-order chi connectivity index (χ0) is 18.7. The first-order chi connectivity index (χ1) is 12.4. The lowest BCUT2D eigenvalue weighted by atomic mass is 10.1.